The smallest absolute Gasteiger partial charge is 0.105 e. The summed E-state index contributed by atoms with van der Waals surface area (Å²) in [6.07, 6.45) is 0. The van der Waals surface area contributed by atoms with Gasteiger partial charge in [-0.25, -0.2) is 4.98 Å². The van der Waals surface area contributed by atoms with E-state index in [1.807, 2.05) is 38.1 Å². The van der Waals surface area contributed by atoms with Crippen LogP contribution in [0.4, 0.5) is 5.69 Å². The van der Waals surface area contributed by atoms with Crippen molar-refractivity contribution in [2.45, 2.75) is 6.92 Å². The second kappa shape index (κ2) is 3.41. The Balaban J connectivity index is 2.79. The molecule has 4 heteroatoms. The van der Waals surface area contributed by atoms with Gasteiger partial charge < -0.3 is 4.90 Å². The van der Waals surface area contributed by atoms with Gasteiger partial charge in [-0.2, -0.15) is 0 Å². The third-order valence-corrected chi connectivity index (χ3v) is 3.16. The van der Waals surface area contributed by atoms with E-state index in [1.165, 1.54) is 0 Å². The lowest BCUT2D eigenvalue weighted by molar-refractivity contribution is 1.13. The van der Waals surface area contributed by atoms with Gasteiger partial charge in [0, 0.05) is 19.1 Å². The summed E-state index contributed by atoms with van der Waals surface area (Å²) in [7, 11) is 4.00. The minimum atomic E-state index is 0.768. The zero-order valence-electron chi connectivity index (χ0n) is 8.34. The summed E-state index contributed by atoms with van der Waals surface area (Å²) < 4.78 is 1.15. The number of halogens is 1. The molecule has 0 fully saturated rings. The molecule has 0 aliphatic rings. The van der Waals surface area contributed by atoms with Crippen LogP contribution >= 0.6 is 22.9 Å². The van der Waals surface area contributed by atoms with Crippen molar-refractivity contribution in [3.8, 4) is 0 Å². The normalized spacial score (nSPS) is 10.9. The Morgan fingerprint density at radius 2 is 2.07 bits per heavy atom. The number of thiazole rings is 1. The number of anilines is 1. The minimum Gasteiger partial charge on any atom is -0.376 e. The molecule has 1 aromatic carbocycles. The van der Waals surface area contributed by atoms with Gasteiger partial charge in [-0.1, -0.05) is 11.6 Å². The van der Waals surface area contributed by atoms with Gasteiger partial charge in [-0.15, -0.1) is 11.3 Å². The average Bonchev–Trinajstić information content (AvgIpc) is 2.42. The zero-order chi connectivity index (χ0) is 10.3. The Hall–Kier alpha value is -0.800. The highest BCUT2D eigenvalue weighted by atomic mass is 35.5. The first kappa shape index (κ1) is 9.74. The summed E-state index contributed by atoms with van der Waals surface area (Å²) in [6, 6.07) is 3.91. The fourth-order valence-corrected chi connectivity index (χ4v) is 2.60. The molecule has 0 saturated heterocycles. The number of aryl methyl sites for hydroxylation is 1. The monoisotopic (exact) mass is 226 g/mol. The first-order valence-corrected chi connectivity index (χ1v) is 5.51. The van der Waals surface area contributed by atoms with Crippen molar-refractivity contribution in [2.24, 2.45) is 0 Å². The molecule has 0 unspecified atom stereocenters. The molecular formula is C10H11ClN2S. The van der Waals surface area contributed by atoms with Gasteiger partial charge in [0.15, 0.2) is 0 Å². The Morgan fingerprint density at radius 1 is 1.36 bits per heavy atom. The molecule has 0 aliphatic heterocycles. The predicted molar refractivity (Wildman–Crippen MR) is 63.7 cm³/mol. The SMILES string of the molecule is Cc1nc2c(N(C)C)cc(Cl)cc2s1. The van der Waals surface area contributed by atoms with E-state index < -0.39 is 0 Å². The fraction of sp³-hybridized carbons (Fsp3) is 0.300. The van der Waals surface area contributed by atoms with Crippen molar-refractivity contribution >= 4 is 38.8 Å². The molecular weight excluding hydrogens is 216 g/mol. The highest BCUT2D eigenvalue weighted by Crippen LogP contribution is 2.32. The average molecular weight is 227 g/mol. The van der Waals surface area contributed by atoms with E-state index in [4.69, 9.17) is 11.6 Å². The van der Waals surface area contributed by atoms with Gasteiger partial charge in [-0.05, 0) is 19.1 Å². The Kier molecular flexibility index (Phi) is 2.37. The molecule has 0 bridgehead atoms. The van der Waals surface area contributed by atoms with Crippen molar-refractivity contribution in [1.29, 1.82) is 0 Å². The van der Waals surface area contributed by atoms with E-state index in [1.54, 1.807) is 11.3 Å². The molecule has 14 heavy (non-hydrogen) atoms. The Bertz CT molecular complexity index is 476. The molecule has 0 amide bonds. The first-order valence-electron chi connectivity index (χ1n) is 4.32. The number of fused-ring (bicyclic) bond motifs is 1. The summed E-state index contributed by atoms with van der Waals surface area (Å²) in [5, 5.41) is 1.84. The minimum absolute atomic E-state index is 0.768. The first-order chi connectivity index (χ1) is 6.58. The van der Waals surface area contributed by atoms with Gasteiger partial charge >= 0.3 is 0 Å². The number of nitrogens with zero attached hydrogens (tertiary/aromatic N) is 2. The number of aromatic nitrogens is 1. The standard InChI is InChI=1S/C10H11ClN2S/c1-6-12-10-8(13(2)3)4-7(11)5-9(10)14-6/h4-5H,1-3H3. The molecule has 0 saturated carbocycles. The summed E-state index contributed by atoms with van der Waals surface area (Å²) in [5.41, 5.74) is 2.12. The molecule has 0 aliphatic carbocycles. The molecule has 2 rings (SSSR count). The molecule has 1 heterocycles. The molecule has 2 nitrogen and oxygen atoms in total. The van der Waals surface area contributed by atoms with Crippen LogP contribution in [0.3, 0.4) is 0 Å². The van der Waals surface area contributed by atoms with Gasteiger partial charge in [0.2, 0.25) is 0 Å². The number of benzene rings is 1. The van der Waals surface area contributed by atoms with Crippen LogP contribution in [-0.4, -0.2) is 19.1 Å². The Morgan fingerprint density at radius 3 is 2.71 bits per heavy atom. The summed E-state index contributed by atoms with van der Waals surface area (Å²) in [4.78, 5) is 6.53. The van der Waals surface area contributed by atoms with Crippen LogP contribution in [0.15, 0.2) is 12.1 Å². The molecule has 2 aromatic rings. The largest absolute Gasteiger partial charge is 0.376 e. The van der Waals surface area contributed by atoms with Crippen LogP contribution in [0.5, 0.6) is 0 Å². The van der Waals surface area contributed by atoms with E-state index in [0.29, 0.717) is 0 Å². The van der Waals surface area contributed by atoms with E-state index in [0.717, 1.165) is 25.9 Å². The van der Waals surface area contributed by atoms with E-state index in [2.05, 4.69) is 4.98 Å². The van der Waals surface area contributed by atoms with E-state index >= 15 is 0 Å². The lowest BCUT2D eigenvalue weighted by Crippen LogP contribution is -2.09. The second-order valence-electron chi connectivity index (χ2n) is 3.40. The molecule has 0 spiro atoms. The molecule has 0 N–H and O–H groups in total. The second-order valence-corrected chi connectivity index (χ2v) is 5.07. The lowest BCUT2D eigenvalue weighted by atomic mass is 10.3. The van der Waals surface area contributed by atoms with Gasteiger partial charge in [0.05, 0.1) is 15.4 Å². The highest BCUT2D eigenvalue weighted by molar-refractivity contribution is 7.18. The van der Waals surface area contributed by atoms with Crippen LogP contribution in [0.2, 0.25) is 5.02 Å². The predicted octanol–water partition coefficient (Wildman–Crippen LogP) is 3.32. The topological polar surface area (TPSA) is 16.1 Å². The summed E-state index contributed by atoms with van der Waals surface area (Å²) >= 11 is 7.71. The van der Waals surface area contributed by atoms with E-state index in [-0.39, 0.29) is 0 Å². The quantitative estimate of drug-likeness (QED) is 0.742. The van der Waals surface area contributed by atoms with Crippen LogP contribution in [-0.2, 0) is 0 Å². The van der Waals surface area contributed by atoms with Gasteiger partial charge in [-0.3, -0.25) is 0 Å². The molecule has 0 radical (unpaired) electrons. The van der Waals surface area contributed by atoms with Gasteiger partial charge in [0.1, 0.15) is 5.52 Å². The third-order valence-electron chi connectivity index (χ3n) is 2.03. The summed E-state index contributed by atoms with van der Waals surface area (Å²) in [6.45, 7) is 2.01. The van der Waals surface area contributed by atoms with Crippen LogP contribution in [0, 0.1) is 6.92 Å². The number of rotatable bonds is 1. The maximum absolute atomic E-state index is 6.03. The number of hydrogen-bond acceptors (Lipinski definition) is 3. The van der Waals surface area contributed by atoms with Gasteiger partial charge in [0.25, 0.3) is 0 Å². The Labute approximate surface area is 92.1 Å². The van der Waals surface area contributed by atoms with Crippen LogP contribution < -0.4 is 4.90 Å². The third kappa shape index (κ3) is 1.57. The molecule has 1 aromatic heterocycles. The number of hydrogen-bond donors (Lipinski definition) is 0. The summed E-state index contributed by atoms with van der Waals surface area (Å²) in [5.74, 6) is 0. The van der Waals surface area contributed by atoms with Crippen molar-refractivity contribution in [3.05, 3.63) is 22.2 Å². The fourth-order valence-electron chi connectivity index (χ4n) is 1.43. The zero-order valence-corrected chi connectivity index (χ0v) is 9.91. The lowest BCUT2D eigenvalue weighted by Gasteiger charge is -2.13. The molecule has 0 atom stereocenters. The molecule has 74 valence electrons. The van der Waals surface area contributed by atoms with Crippen LogP contribution in [0.25, 0.3) is 10.2 Å². The highest BCUT2D eigenvalue weighted by Gasteiger charge is 2.09. The maximum atomic E-state index is 6.03. The van der Waals surface area contributed by atoms with Crippen LogP contribution in [0.1, 0.15) is 5.01 Å². The van der Waals surface area contributed by atoms with E-state index in [9.17, 15) is 0 Å². The van der Waals surface area contributed by atoms with Crippen molar-refractivity contribution in [3.63, 3.8) is 0 Å². The maximum Gasteiger partial charge on any atom is 0.105 e. The van der Waals surface area contributed by atoms with Crippen molar-refractivity contribution < 1.29 is 0 Å². The van der Waals surface area contributed by atoms with Crippen molar-refractivity contribution in [2.75, 3.05) is 19.0 Å². The van der Waals surface area contributed by atoms with Crippen molar-refractivity contribution in [1.82, 2.24) is 4.98 Å².